The zero-order valence-electron chi connectivity index (χ0n) is 20.8. The Morgan fingerprint density at radius 3 is 2.79 bits per heavy atom. The maximum atomic E-state index is 12.7. The Kier molecular flexibility index (Phi) is 7.04. The van der Waals surface area contributed by atoms with Crippen LogP contribution in [0.25, 0.3) is 11.4 Å². The van der Waals surface area contributed by atoms with E-state index in [1.807, 2.05) is 6.07 Å². The summed E-state index contributed by atoms with van der Waals surface area (Å²) in [5.74, 6) is 1.35. The third-order valence-corrected chi connectivity index (χ3v) is 7.17. The molecule has 1 saturated carbocycles. The Bertz CT molecular complexity index is 1290. The largest absolute Gasteiger partial charge is 0.573 e. The molecule has 2 N–H and O–H groups in total. The van der Waals surface area contributed by atoms with Crippen molar-refractivity contribution in [2.75, 3.05) is 30.4 Å². The Morgan fingerprint density at radius 2 is 2.03 bits per heavy atom. The number of pyridine rings is 2. The van der Waals surface area contributed by atoms with Gasteiger partial charge in [0.25, 0.3) is 0 Å². The fourth-order valence-electron chi connectivity index (χ4n) is 5.47. The van der Waals surface area contributed by atoms with E-state index < -0.39 is 6.36 Å². The molecule has 12 heteroatoms. The van der Waals surface area contributed by atoms with Gasteiger partial charge in [0.05, 0.1) is 0 Å². The molecule has 1 saturated heterocycles. The Labute approximate surface area is 217 Å². The fourth-order valence-corrected chi connectivity index (χ4v) is 5.47. The van der Waals surface area contributed by atoms with Crippen molar-refractivity contribution >= 4 is 23.4 Å². The van der Waals surface area contributed by atoms with Crippen molar-refractivity contribution in [3.05, 3.63) is 48.9 Å². The first-order valence-electron chi connectivity index (χ1n) is 12.5. The smallest absolute Gasteiger partial charge is 0.406 e. The molecule has 38 heavy (non-hydrogen) atoms. The number of nitrogens with one attached hydrogen (secondary N) is 2. The lowest BCUT2D eigenvalue weighted by Crippen LogP contribution is -2.38. The van der Waals surface area contributed by atoms with E-state index in [1.165, 1.54) is 6.20 Å². The van der Waals surface area contributed by atoms with E-state index in [-0.39, 0.29) is 28.8 Å². The SMILES string of the molecule is CNC(=O)[C@H]1CCCC2(CCN(c3cc(Nc4cc(OC(F)(F)F)ccn4)nc(-c4cccnc4)n3)C2)C1. The first kappa shape index (κ1) is 25.7. The first-order chi connectivity index (χ1) is 18.2. The van der Waals surface area contributed by atoms with Gasteiger partial charge in [0.1, 0.15) is 23.2 Å². The van der Waals surface area contributed by atoms with Gasteiger partial charge >= 0.3 is 6.36 Å². The minimum Gasteiger partial charge on any atom is -0.406 e. The molecule has 0 aromatic carbocycles. The van der Waals surface area contributed by atoms with Gasteiger partial charge in [-0.1, -0.05) is 6.42 Å². The van der Waals surface area contributed by atoms with E-state index in [0.29, 0.717) is 23.0 Å². The van der Waals surface area contributed by atoms with E-state index in [4.69, 9.17) is 4.98 Å². The minimum atomic E-state index is -4.81. The number of rotatable bonds is 6. The maximum Gasteiger partial charge on any atom is 0.573 e. The van der Waals surface area contributed by atoms with Gasteiger partial charge in [-0.3, -0.25) is 9.78 Å². The molecule has 3 aromatic heterocycles. The van der Waals surface area contributed by atoms with Crippen molar-refractivity contribution < 1.29 is 22.7 Å². The minimum absolute atomic E-state index is 0.0135. The summed E-state index contributed by atoms with van der Waals surface area (Å²) in [5.41, 5.74) is 0.735. The van der Waals surface area contributed by atoms with Gasteiger partial charge in [0, 0.05) is 62.3 Å². The van der Waals surface area contributed by atoms with Crippen LogP contribution >= 0.6 is 0 Å². The predicted octanol–water partition coefficient (Wildman–Crippen LogP) is 4.71. The maximum absolute atomic E-state index is 12.7. The highest BCUT2D eigenvalue weighted by atomic mass is 19.4. The van der Waals surface area contributed by atoms with E-state index in [9.17, 15) is 18.0 Å². The fraction of sp³-hybridized carbons (Fsp3) is 0.423. The topological polar surface area (TPSA) is 105 Å². The molecule has 2 aliphatic rings. The molecule has 9 nitrogen and oxygen atoms in total. The van der Waals surface area contributed by atoms with Gasteiger partial charge in [-0.05, 0) is 49.3 Å². The summed E-state index contributed by atoms with van der Waals surface area (Å²) in [6, 6.07) is 7.67. The van der Waals surface area contributed by atoms with Crippen LogP contribution in [0.1, 0.15) is 32.1 Å². The van der Waals surface area contributed by atoms with Gasteiger partial charge < -0.3 is 20.3 Å². The number of carbonyl (C=O) groups is 1. The molecule has 0 bridgehead atoms. The van der Waals surface area contributed by atoms with Crippen LogP contribution < -0.4 is 20.3 Å². The molecule has 1 aliphatic heterocycles. The number of hydrogen-bond donors (Lipinski definition) is 2. The lowest BCUT2D eigenvalue weighted by Gasteiger charge is -2.37. The Morgan fingerprint density at radius 1 is 1.16 bits per heavy atom. The van der Waals surface area contributed by atoms with Crippen LogP contribution in [0.3, 0.4) is 0 Å². The predicted molar refractivity (Wildman–Crippen MR) is 135 cm³/mol. The van der Waals surface area contributed by atoms with E-state index in [2.05, 4.69) is 35.2 Å². The highest BCUT2D eigenvalue weighted by molar-refractivity contribution is 5.78. The second-order valence-electron chi connectivity index (χ2n) is 9.81. The first-order valence-corrected chi connectivity index (χ1v) is 12.5. The quantitative estimate of drug-likeness (QED) is 0.475. The van der Waals surface area contributed by atoms with Gasteiger partial charge in [-0.15, -0.1) is 13.2 Å². The molecule has 0 radical (unpaired) electrons. The van der Waals surface area contributed by atoms with Crippen molar-refractivity contribution in [3.8, 4) is 17.1 Å². The Balaban J connectivity index is 1.43. The number of alkyl halides is 3. The van der Waals surface area contributed by atoms with Crippen LogP contribution in [0.4, 0.5) is 30.6 Å². The Hall–Kier alpha value is -3.96. The molecule has 5 rings (SSSR count). The number of amides is 1. The third kappa shape index (κ3) is 5.95. The van der Waals surface area contributed by atoms with Crippen molar-refractivity contribution in [1.82, 2.24) is 25.3 Å². The van der Waals surface area contributed by atoms with Gasteiger partial charge in [0.2, 0.25) is 5.91 Å². The molecule has 3 aromatic rings. The van der Waals surface area contributed by atoms with Crippen LogP contribution in [-0.2, 0) is 4.79 Å². The van der Waals surface area contributed by atoms with E-state index in [1.54, 1.807) is 31.6 Å². The summed E-state index contributed by atoms with van der Waals surface area (Å²) in [7, 11) is 1.68. The zero-order chi connectivity index (χ0) is 26.8. The summed E-state index contributed by atoms with van der Waals surface area (Å²) < 4.78 is 42.1. The number of aromatic nitrogens is 4. The molecule has 2 atom stereocenters. The van der Waals surface area contributed by atoms with Crippen molar-refractivity contribution in [2.45, 2.75) is 38.5 Å². The lowest BCUT2D eigenvalue weighted by atomic mass is 9.69. The standard InChI is InChI=1S/C26H28F3N7O2/c1-30-24(37)17-4-2-7-25(14-17)8-11-36(16-25)22-13-21(34-23(35-22)18-5-3-9-31-15-18)33-20-12-19(6-10-32-20)38-26(27,28)29/h3,5-6,9-10,12-13,15,17H,2,4,7-8,11,14,16H2,1H3,(H,30,37)(H,32,33,34,35)/t17-,25?/m0/s1. The number of nitrogens with zero attached hydrogens (tertiary/aromatic N) is 5. The molecule has 200 valence electrons. The molecular formula is C26H28F3N7O2. The zero-order valence-corrected chi connectivity index (χ0v) is 20.8. The van der Waals surface area contributed by atoms with Crippen LogP contribution in [0.15, 0.2) is 48.9 Å². The number of carbonyl (C=O) groups excluding carboxylic acids is 1. The van der Waals surface area contributed by atoms with Crippen LogP contribution in [0.2, 0.25) is 0 Å². The summed E-state index contributed by atoms with van der Waals surface area (Å²) in [5, 5.41) is 5.79. The van der Waals surface area contributed by atoms with Crippen LogP contribution in [0, 0.1) is 11.3 Å². The number of halogens is 3. The van der Waals surface area contributed by atoms with Crippen molar-refractivity contribution in [3.63, 3.8) is 0 Å². The van der Waals surface area contributed by atoms with E-state index in [0.717, 1.165) is 57.3 Å². The number of anilines is 3. The molecule has 2 fully saturated rings. The highest BCUT2D eigenvalue weighted by Gasteiger charge is 2.44. The number of ether oxygens (including phenoxy) is 1. The monoisotopic (exact) mass is 527 g/mol. The summed E-state index contributed by atoms with van der Waals surface area (Å²) in [6.07, 6.45) is 4.47. The summed E-state index contributed by atoms with van der Waals surface area (Å²) in [4.78, 5) is 32.2. The van der Waals surface area contributed by atoms with Gasteiger partial charge in [-0.2, -0.15) is 0 Å². The molecule has 1 aliphatic carbocycles. The molecule has 1 amide bonds. The van der Waals surface area contributed by atoms with Crippen LogP contribution in [0.5, 0.6) is 5.75 Å². The molecule has 1 spiro atoms. The van der Waals surface area contributed by atoms with Gasteiger partial charge in [0.15, 0.2) is 5.82 Å². The molecule has 4 heterocycles. The van der Waals surface area contributed by atoms with Crippen molar-refractivity contribution in [2.24, 2.45) is 11.3 Å². The molecule has 1 unspecified atom stereocenters. The second-order valence-corrected chi connectivity index (χ2v) is 9.81. The summed E-state index contributed by atoms with van der Waals surface area (Å²) >= 11 is 0. The van der Waals surface area contributed by atoms with Crippen molar-refractivity contribution in [1.29, 1.82) is 0 Å². The number of hydrogen-bond acceptors (Lipinski definition) is 8. The normalized spacial score (nSPS) is 21.4. The lowest BCUT2D eigenvalue weighted by molar-refractivity contribution is -0.274. The third-order valence-electron chi connectivity index (χ3n) is 7.17. The second kappa shape index (κ2) is 10.4. The average Bonchev–Trinajstić information content (AvgIpc) is 3.30. The van der Waals surface area contributed by atoms with E-state index >= 15 is 0 Å². The van der Waals surface area contributed by atoms with Gasteiger partial charge in [-0.25, -0.2) is 15.0 Å². The summed E-state index contributed by atoms with van der Waals surface area (Å²) in [6.45, 7) is 1.53. The highest BCUT2D eigenvalue weighted by Crippen LogP contribution is 2.47. The molecular weight excluding hydrogens is 499 g/mol. The van der Waals surface area contributed by atoms with Crippen LogP contribution in [-0.4, -0.2) is 52.3 Å². The average molecular weight is 528 g/mol.